The van der Waals surface area contributed by atoms with Crippen LogP contribution >= 0.6 is 0 Å². The van der Waals surface area contributed by atoms with Gasteiger partial charge in [-0.1, -0.05) is 13.8 Å². The second kappa shape index (κ2) is 7.87. The Balaban J connectivity index is 2.45. The summed E-state index contributed by atoms with van der Waals surface area (Å²) in [6.07, 6.45) is 2.29. The molecule has 2 amide bonds. The lowest BCUT2D eigenvalue weighted by Crippen LogP contribution is -2.47. The Morgan fingerprint density at radius 3 is 2.70 bits per heavy atom. The zero-order chi connectivity index (χ0) is 15.1. The molecule has 0 aromatic heterocycles. The third-order valence-electron chi connectivity index (χ3n) is 3.78. The van der Waals surface area contributed by atoms with Crippen molar-refractivity contribution in [1.82, 2.24) is 10.2 Å². The number of carboxylic acid groups (broad SMARTS) is 1. The average Bonchev–Trinajstić information content (AvgIpc) is 2.45. The van der Waals surface area contributed by atoms with E-state index >= 15 is 0 Å². The average molecular weight is 284 g/mol. The normalized spacial score (nSPS) is 20.3. The summed E-state index contributed by atoms with van der Waals surface area (Å²) in [7, 11) is 0. The summed E-state index contributed by atoms with van der Waals surface area (Å²) in [6.45, 7) is 5.18. The molecule has 0 aliphatic carbocycles. The SMILES string of the molecule is CCC(C)C(=O)N1CCCC(C(=O)NCCC(=O)O)C1. The molecular formula is C14H24N2O4. The van der Waals surface area contributed by atoms with Gasteiger partial charge in [-0.15, -0.1) is 0 Å². The van der Waals surface area contributed by atoms with Crippen molar-refractivity contribution in [2.75, 3.05) is 19.6 Å². The quantitative estimate of drug-likeness (QED) is 0.757. The molecular weight excluding hydrogens is 260 g/mol. The minimum absolute atomic E-state index is 0.0104. The number of rotatable bonds is 6. The monoisotopic (exact) mass is 284 g/mol. The van der Waals surface area contributed by atoms with Crippen LogP contribution in [0, 0.1) is 11.8 Å². The van der Waals surface area contributed by atoms with Crippen LogP contribution in [0.4, 0.5) is 0 Å². The summed E-state index contributed by atoms with van der Waals surface area (Å²) in [4.78, 5) is 36.2. The van der Waals surface area contributed by atoms with Gasteiger partial charge in [0.25, 0.3) is 0 Å². The summed E-state index contributed by atoms with van der Waals surface area (Å²) < 4.78 is 0. The van der Waals surface area contributed by atoms with E-state index in [0.29, 0.717) is 13.1 Å². The standard InChI is InChI=1S/C14H24N2O4/c1-3-10(2)14(20)16-8-4-5-11(9-16)13(19)15-7-6-12(17)18/h10-11H,3-9H2,1-2H3,(H,15,19)(H,17,18). The second-order valence-electron chi connectivity index (χ2n) is 5.37. The maximum Gasteiger partial charge on any atom is 0.305 e. The number of hydrogen-bond acceptors (Lipinski definition) is 3. The van der Waals surface area contributed by atoms with E-state index in [4.69, 9.17) is 5.11 Å². The maximum absolute atomic E-state index is 12.1. The van der Waals surface area contributed by atoms with E-state index in [2.05, 4.69) is 5.32 Å². The highest BCUT2D eigenvalue weighted by Gasteiger charge is 2.29. The number of carboxylic acids is 1. The Hall–Kier alpha value is -1.59. The van der Waals surface area contributed by atoms with Crippen LogP contribution in [-0.2, 0) is 14.4 Å². The molecule has 2 atom stereocenters. The molecule has 1 heterocycles. The van der Waals surface area contributed by atoms with Gasteiger partial charge in [-0.3, -0.25) is 14.4 Å². The number of nitrogens with zero attached hydrogens (tertiary/aromatic N) is 1. The molecule has 0 aromatic rings. The van der Waals surface area contributed by atoms with Crippen molar-refractivity contribution >= 4 is 17.8 Å². The van der Waals surface area contributed by atoms with Crippen molar-refractivity contribution in [2.45, 2.75) is 39.5 Å². The lowest BCUT2D eigenvalue weighted by Gasteiger charge is -2.33. The number of carbonyl (C=O) groups is 3. The molecule has 20 heavy (non-hydrogen) atoms. The molecule has 0 spiro atoms. The summed E-state index contributed by atoms with van der Waals surface area (Å²) in [5, 5.41) is 11.2. The fourth-order valence-electron chi connectivity index (χ4n) is 2.31. The third kappa shape index (κ3) is 4.83. The lowest BCUT2D eigenvalue weighted by atomic mass is 9.95. The highest BCUT2D eigenvalue weighted by molar-refractivity contribution is 5.82. The van der Waals surface area contributed by atoms with E-state index in [9.17, 15) is 14.4 Å². The van der Waals surface area contributed by atoms with Crippen LogP contribution in [0.1, 0.15) is 39.5 Å². The van der Waals surface area contributed by atoms with Gasteiger partial charge in [-0.25, -0.2) is 0 Å². The van der Waals surface area contributed by atoms with Gasteiger partial charge < -0.3 is 15.3 Å². The molecule has 0 radical (unpaired) electrons. The van der Waals surface area contributed by atoms with Crippen molar-refractivity contribution in [3.8, 4) is 0 Å². The summed E-state index contributed by atoms with van der Waals surface area (Å²) >= 11 is 0. The molecule has 0 bridgehead atoms. The van der Waals surface area contributed by atoms with Crippen LogP contribution in [0.5, 0.6) is 0 Å². The number of carbonyl (C=O) groups excluding carboxylic acids is 2. The zero-order valence-corrected chi connectivity index (χ0v) is 12.2. The molecule has 0 aromatic carbocycles. The maximum atomic E-state index is 12.1. The smallest absolute Gasteiger partial charge is 0.305 e. The van der Waals surface area contributed by atoms with Crippen LogP contribution in [-0.4, -0.2) is 47.4 Å². The fraction of sp³-hybridized carbons (Fsp3) is 0.786. The van der Waals surface area contributed by atoms with E-state index in [1.165, 1.54) is 0 Å². The number of piperidine rings is 1. The molecule has 1 aliphatic heterocycles. The van der Waals surface area contributed by atoms with Crippen molar-refractivity contribution in [3.05, 3.63) is 0 Å². The van der Waals surface area contributed by atoms with Crippen molar-refractivity contribution < 1.29 is 19.5 Å². The Bertz CT molecular complexity index is 370. The number of nitrogens with one attached hydrogen (secondary N) is 1. The van der Waals surface area contributed by atoms with Gasteiger partial charge in [0.15, 0.2) is 0 Å². The van der Waals surface area contributed by atoms with Gasteiger partial charge in [0.1, 0.15) is 0 Å². The molecule has 6 heteroatoms. The number of aliphatic carboxylic acids is 1. The van der Waals surface area contributed by atoms with Gasteiger partial charge in [0.05, 0.1) is 12.3 Å². The van der Waals surface area contributed by atoms with Crippen LogP contribution in [0.25, 0.3) is 0 Å². The number of amides is 2. The van der Waals surface area contributed by atoms with Crippen LogP contribution in [0.15, 0.2) is 0 Å². The molecule has 0 saturated carbocycles. The largest absolute Gasteiger partial charge is 0.481 e. The predicted molar refractivity (Wildman–Crippen MR) is 74.0 cm³/mol. The molecule has 1 rings (SSSR count). The molecule has 1 aliphatic rings. The first-order valence-corrected chi connectivity index (χ1v) is 7.24. The van der Waals surface area contributed by atoms with E-state index in [1.807, 2.05) is 13.8 Å². The Labute approximate surface area is 119 Å². The van der Waals surface area contributed by atoms with Crippen molar-refractivity contribution in [3.63, 3.8) is 0 Å². The Morgan fingerprint density at radius 1 is 1.40 bits per heavy atom. The summed E-state index contributed by atoms with van der Waals surface area (Å²) in [6, 6.07) is 0. The minimum atomic E-state index is -0.928. The van der Waals surface area contributed by atoms with Gasteiger partial charge in [0, 0.05) is 25.6 Å². The third-order valence-corrected chi connectivity index (χ3v) is 3.78. The molecule has 1 fully saturated rings. The number of hydrogen-bond donors (Lipinski definition) is 2. The topological polar surface area (TPSA) is 86.7 Å². The fourth-order valence-corrected chi connectivity index (χ4v) is 2.31. The van der Waals surface area contributed by atoms with E-state index in [0.717, 1.165) is 19.3 Å². The highest BCUT2D eigenvalue weighted by atomic mass is 16.4. The van der Waals surface area contributed by atoms with Gasteiger partial charge in [-0.2, -0.15) is 0 Å². The van der Waals surface area contributed by atoms with E-state index in [-0.39, 0.29) is 36.6 Å². The molecule has 114 valence electrons. The van der Waals surface area contributed by atoms with Crippen molar-refractivity contribution in [1.29, 1.82) is 0 Å². The van der Waals surface area contributed by atoms with Crippen molar-refractivity contribution in [2.24, 2.45) is 11.8 Å². The Kier molecular flexibility index (Phi) is 6.48. The van der Waals surface area contributed by atoms with E-state index < -0.39 is 5.97 Å². The molecule has 1 saturated heterocycles. The summed E-state index contributed by atoms with van der Waals surface area (Å²) in [5.74, 6) is -1.19. The van der Waals surface area contributed by atoms with Crippen LogP contribution in [0.3, 0.4) is 0 Å². The van der Waals surface area contributed by atoms with Gasteiger partial charge in [0.2, 0.25) is 11.8 Å². The predicted octanol–water partition coefficient (Wildman–Crippen LogP) is 0.862. The van der Waals surface area contributed by atoms with Gasteiger partial charge in [-0.05, 0) is 19.3 Å². The summed E-state index contributed by atoms with van der Waals surface area (Å²) in [5.41, 5.74) is 0. The Morgan fingerprint density at radius 2 is 2.10 bits per heavy atom. The highest BCUT2D eigenvalue weighted by Crippen LogP contribution is 2.19. The molecule has 2 N–H and O–H groups in total. The lowest BCUT2D eigenvalue weighted by molar-refractivity contribution is -0.138. The van der Waals surface area contributed by atoms with Crippen LogP contribution < -0.4 is 5.32 Å². The first kappa shape index (κ1) is 16.5. The molecule has 6 nitrogen and oxygen atoms in total. The zero-order valence-electron chi connectivity index (χ0n) is 12.2. The van der Waals surface area contributed by atoms with Gasteiger partial charge >= 0.3 is 5.97 Å². The van der Waals surface area contributed by atoms with Crippen LogP contribution in [0.2, 0.25) is 0 Å². The first-order chi connectivity index (χ1) is 9.45. The second-order valence-corrected chi connectivity index (χ2v) is 5.37. The first-order valence-electron chi connectivity index (χ1n) is 7.24. The van der Waals surface area contributed by atoms with E-state index in [1.54, 1.807) is 4.90 Å². The molecule has 2 unspecified atom stereocenters. The number of likely N-dealkylation sites (tertiary alicyclic amines) is 1. The minimum Gasteiger partial charge on any atom is -0.481 e.